The molecule has 24 heavy (non-hydrogen) atoms. The number of esters is 1. The third kappa shape index (κ3) is 2.82. The van der Waals surface area contributed by atoms with Gasteiger partial charge in [-0.05, 0) is 37.6 Å². The number of hydrogen-bond donors (Lipinski definition) is 0. The summed E-state index contributed by atoms with van der Waals surface area (Å²) in [5.41, 5.74) is 1.89. The quantitative estimate of drug-likeness (QED) is 0.575. The summed E-state index contributed by atoms with van der Waals surface area (Å²) in [6, 6.07) is 0. The molecule has 0 aromatic rings. The van der Waals surface area contributed by atoms with Crippen LogP contribution in [0.3, 0.4) is 0 Å². The van der Waals surface area contributed by atoms with Crippen molar-refractivity contribution in [3.63, 3.8) is 0 Å². The van der Waals surface area contributed by atoms with Crippen molar-refractivity contribution in [3.8, 4) is 0 Å². The molecule has 2 aliphatic carbocycles. The largest absolute Gasteiger partial charge is 0.461 e. The molecule has 4 rings (SSSR count). The van der Waals surface area contributed by atoms with E-state index in [9.17, 15) is 4.79 Å². The lowest BCUT2D eigenvalue weighted by Crippen LogP contribution is -2.47. The van der Waals surface area contributed by atoms with Crippen LogP contribution in [-0.4, -0.2) is 61.6 Å². The van der Waals surface area contributed by atoms with Crippen LogP contribution in [0.25, 0.3) is 0 Å². The molecule has 4 nitrogen and oxygen atoms in total. The highest BCUT2D eigenvalue weighted by molar-refractivity contribution is 5.76. The molecule has 2 heterocycles. The van der Waals surface area contributed by atoms with Gasteiger partial charge >= 0.3 is 5.97 Å². The molecule has 134 valence electrons. The molecule has 3 fully saturated rings. The van der Waals surface area contributed by atoms with Gasteiger partial charge in [-0.15, -0.1) is 0 Å². The Morgan fingerprint density at radius 3 is 2.79 bits per heavy atom. The van der Waals surface area contributed by atoms with Gasteiger partial charge in [-0.2, -0.15) is 0 Å². The molecule has 0 N–H and O–H groups in total. The monoisotopic (exact) mass is 332 g/mol. The fraction of sp³-hybridized carbons (Fsp3) is 0.850. The Morgan fingerprint density at radius 1 is 1.29 bits per heavy atom. The molecule has 2 saturated heterocycles. The Hall–Kier alpha value is -0.870. The summed E-state index contributed by atoms with van der Waals surface area (Å²) < 4.78 is 5.87. The van der Waals surface area contributed by atoms with E-state index in [1.54, 1.807) is 5.57 Å². The third-order valence-corrected chi connectivity index (χ3v) is 7.13. The highest BCUT2D eigenvalue weighted by Gasteiger charge is 2.51. The van der Waals surface area contributed by atoms with E-state index < -0.39 is 0 Å². The van der Waals surface area contributed by atoms with E-state index in [4.69, 9.17) is 4.74 Å². The predicted octanol–water partition coefficient (Wildman–Crippen LogP) is 2.55. The van der Waals surface area contributed by atoms with Crippen LogP contribution in [-0.2, 0) is 9.53 Å². The van der Waals surface area contributed by atoms with Gasteiger partial charge in [0.15, 0.2) is 0 Å². The fourth-order valence-electron chi connectivity index (χ4n) is 5.57. The van der Waals surface area contributed by atoms with Crippen molar-refractivity contribution in [2.24, 2.45) is 23.2 Å². The van der Waals surface area contributed by atoms with Crippen LogP contribution in [0.2, 0.25) is 0 Å². The molecular weight excluding hydrogens is 300 g/mol. The molecule has 4 aliphatic rings. The van der Waals surface area contributed by atoms with Crippen molar-refractivity contribution in [1.82, 2.24) is 9.80 Å². The Kier molecular flexibility index (Phi) is 4.24. The second kappa shape index (κ2) is 6.14. The Balaban J connectivity index is 1.53. The molecule has 0 unspecified atom stereocenters. The molecule has 0 spiro atoms. The van der Waals surface area contributed by atoms with Gasteiger partial charge in [0, 0.05) is 38.6 Å². The molecule has 0 bridgehead atoms. The predicted molar refractivity (Wildman–Crippen MR) is 94.6 cm³/mol. The number of piperazine rings is 1. The van der Waals surface area contributed by atoms with Crippen molar-refractivity contribution < 1.29 is 9.53 Å². The van der Waals surface area contributed by atoms with Crippen LogP contribution < -0.4 is 0 Å². The maximum Gasteiger partial charge on any atom is 0.311 e. The van der Waals surface area contributed by atoms with Crippen molar-refractivity contribution >= 4 is 5.97 Å². The Labute approximate surface area is 146 Å². The van der Waals surface area contributed by atoms with E-state index in [2.05, 4.69) is 36.8 Å². The standard InChI is InChI=1S/C20H32N2O2/c1-14-5-4-6-20(2)12-18-15(11-17(14)20)16(19(23)24-18)13-22-9-7-21(3)8-10-22/h11,14-16,18H,4-10,12-13H2,1-3H3/t14-,15-,16+,18-,20-/m1/s1. The van der Waals surface area contributed by atoms with Crippen LogP contribution in [0.15, 0.2) is 11.6 Å². The lowest BCUT2D eigenvalue weighted by molar-refractivity contribution is -0.145. The van der Waals surface area contributed by atoms with Crippen molar-refractivity contribution in [1.29, 1.82) is 0 Å². The third-order valence-electron chi connectivity index (χ3n) is 7.13. The summed E-state index contributed by atoms with van der Waals surface area (Å²) >= 11 is 0. The fourth-order valence-corrected chi connectivity index (χ4v) is 5.57. The van der Waals surface area contributed by atoms with Crippen LogP contribution in [0.4, 0.5) is 0 Å². The van der Waals surface area contributed by atoms with Gasteiger partial charge in [-0.1, -0.05) is 31.9 Å². The average Bonchev–Trinajstić information content (AvgIpc) is 2.82. The minimum atomic E-state index is 0.0459. The highest BCUT2D eigenvalue weighted by Crippen LogP contribution is 2.53. The first-order chi connectivity index (χ1) is 11.5. The first-order valence-electron chi connectivity index (χ1n) is 9.80. The number of ether oxygens (including phenoxy) is 1. The number of hydrogen-bond acceptors (Lipinski definition) is 4. The number of carbonyl (C=O) groups is 1. The van der Waals surface area contributed by atoms with Gasteiger partial charge in [0.25, 0.3) is 0 Å². The molecule has 0 aromatic heterocycles. The molecule has 0 amide bonds. The number of allylic oxidation sites excluding steroid dienone is 1. The molecule has 2 aliphatic heterocycles. The zero-order chi connectivity index (χ0) is 16.9. The minimum Gasteiger partial charge on any atom is -0.461 e. The summed E-state index contributed by atoms with van der Waals surface area (Å²) in [7, 11) is 2.17. The summed E-state index contributed by atoms with van der Waals surface area (Å²) in [5, 5.41) is 0. The first-order valence-corrected chi connectivity index (χ1v) is 9.80. The maximum absolute atomic E-state index is 12.6. The van der Waals surface area contributed by atoms with Crippen LogP contribution in [0.1, 0.15) is 39.5 Å². The summed E-state index contributed by atoms with van der Waals surface area (Å²) in [4.78, 5) is 17.4. The summed E-state index contributed by atoms with van der Waals surface area (Å²) in [6.45, 7) is 9.99. The second-order valence-corrected chi connectivity index (χ2v) is 8.94. The summed E-state index contributed by atoms with van der Waals surface area (Å²) in [6.07, 6.45) is 7.51. The maximum atomic E-state index is 12.6. The van der Waals surface area contributed by atoms with Crippen LogP contribution >= 0.6 is 0 Å². The van der Waals surface area contributed by atoms with Crippen molar-refractivity contribution in [2.45, 2.75) is 45.6 Å². The van der Waals surface area contributed by atoms with Gasteiger partial charge in [0.05, 0.1) is 5.92 Å². The summed E-state index contributed by atoms with van der Waals surface area (Å²) in [5.74, 6) is 1.07. The van der Waals surface area contributed by atoms with E-state index in [1.807, 2.05) is 0 Å². The number of carbonyl (C=O) groups excluding carboxylic acids is 1. The van der Waals surface area contributed by atoms with Gasteiger partial charge in [-0.3, -0.25) is 9.69 Å². The van der Waals surface area contributed by atoms with Crippen LogP contribution in [0, 0.1) is 23.2 Å². The molecule has 0 aromatic carbocycles. The van der Waals surface area contributed by atoms with Crippen molar-refractivity contribution in [2.75, 3.05) is 39.8 Å². The average molecular weight is 332 g/mol. The van der Waals surface area contributed by atoms with Crippen LogP contribution in [0.5, 0.6) is 0 Å². The van der Waals surface area contributed by atoms with E-state index in [0.717, 1.165) is 39.1 Å². The lowest BCUT2D eigenvalue weighted by Gasteiger charge is -2.46. The molecule has 0 radical (unpaired) electrons. The van der Waals surface area contributed by atoms with Gasteiger partial charge < -0.3 is 9.64 Å². The van der Waals surface area contributed by atoms with E-state index in [0.29, 0.717) is 11.8 Å². The molecule has 5 atom stereocenters. The van der Waals surface area contributed by atoms with E-state index in [-0.39, 0.29) is 23.4 Å². The Bertz CT molecular complexity index is 538. The Morgan fingerprint density at radius 2 is 2.04 bits per heavy atom. The number of nitrogens with zero attached hydrogens (tertiary/aromatic N) is 2. The van der Waals surface area contributed by atoms with Gasteiger partial charge in [-0.25, -0.2) is 0 Å². The van der Waals surface area contributed by atoms with E-state index >= 15 is 0 Å². The van der Waals surface area contributed by atoms with E-state index in [1.165, 1.54) is 19.3 Å². The first kappa shape index (κ1) is 16.6. The topological polar surface area (TPSA) is 32.8 Å². The van der Waals surface area contributed by atoms with Gasteiger partial charge in [0.1, 0.15) is 6.10 Å². The van der Waals surface area contributed by atoms with Gasteiger partial charge in [0.2, 0.25) is 0 Å². The number of fused-ring (bicyclic) bond motifs is 2. The zero-order valence-electron chi connectivity index (χ0n) is 15.5. The molecule has 4 heteroatoms. The number of likely N-dealkylation sites (N-methyl/N-ethyl adjacent to an activating group) is 1. The minimum absolute atomic E-state index is 0.0459. The molecular formula is C20H32N2O2. The lowest BCUT2D eigenvalue weighted by atomic mass is 9.59. The highest BCUT2D eigenvalue weighted by atomic mass is 16.6. The normalized spacial score (nSPS) is 43.8. The zero-order valence-corrected chi connectivity index (χ0v) is 15.5. The number of rotatable bonds is 2. The second-order valence-electron chi connectivity index (χ2n) is 8.94. The molecule has 1 saturated carbocycles. The van der Waals surface area contributed by atoms with Crippen molar-refractivity contribution in [3.05, 3.63) is 11.6 Å². The SMILES string of the molecule is C[C@@H]1CCC[C@]2(C)C[C@H]3OC(=O)[C@@H](CN4CCN(C)CC4)[C@H]3C=C12. The smallest absolute Gasteiger partial charge is 0.311 e.